The van der Waals surface area contributed by atoms with Gasteiger partial charge in [0.1, 0.15) is 17.4 Å². The molecule has 2 aromatic heterocycles. The molecule has 2 aliphatic heterocycles. The number of likely N-dealkylation sites (N-methyl/N-ethyl adjacent to an activating group) is 1. The molecule has 0 aliphatic carbocycles. The molecule has 4 heterocycles. The Morgan fingerprint density at radius 1 is 1.17 bits per heavy atom. The molecule has 1 spiro atoms. The van der Waals surface area contributed by atoms with Crippen LogP contribution in [0.1, 0.15) is 24.4 Å². The van der Waals surface area contributed by atoms with Gasteiger partial charge in [0.05, 0.1) is 24.8 Å². The quantitative estimate of drug-likeness (QED) is 0.665. The van der Waals surface area contributed by atoms with Gasteiger partial charge in [-0.15, -0.1) is 10.2 Å². The number of hydrogen-bond donors (Lipinski definition) is 0. The van der Waals surface area contributed by atoms with Crippen LogP contribution in [0.2, 0.25) is 0 Å². The van der Waals surface area contributed by atoms with Gasteiger partial charge in [-0.2, -0.15) is 0 Å². The number of benzene rings is 1. The molecule has 0 unspecified atom stereocenters. The lowest BCUT2D eigenvalue weighted by molar-refractivity contribution is -0.133. The number of aromatic nitrogens is 3. The molecule has 1 fully saturated rings. The Kier molecular flexibility index (Phi) is 4.66. The van der Waals surface area contributed by atoms with E-state index in [4.69, 9.17) is 4.42 Å². The molecule has 0 atom stereocenters. The van der Waals surface area contributed by atoms with Crippen molar-refractivity contribution in [3.05, 3.63) is 60.1 Å². The zero-order valence-corrected chi connectivity index (χ0v) is 16.9. The van der Waals surface area contributed by atoms with Crippen LogP contribution in [0.3, 0.4) is 0 Å². The molecule has 1 aromatic carbocycles. The number of piperidine rings is 1. The van der Waals surface area contributed by atoms with Crippen molar-refractivity contribution in [1.29, 1.82) is 0 Å². The van der Waals surface area contributed by atoms with Crippen LogP contribution in [-0.2, 0) is 23.3 Å². The fourth-order valence-corrected chi connectivity index (χ4v) is 4.80. The van der Waals surface area contributed by atoms with Crippen molar-refractivity contribution < 1.29 is 13.6 Å². The molecular formula is C22H24FN5O2. The van der Waals surface area contributed by atoms with E-state index in [-0.39, 0.29) is 17.3 Å². The van der Waals surface area contributed by atoms with Crippen LogP contribution in [0.25, 0.3) is 11.4 Å². The third-order valence-corrected chi connectivity index (χ3v) is 6.23. The van der Waals surface area contributed by atoms with Gasteiger partial charge in [-0.05, 0) is 56.3 Å². The van der Waals surface area contributed by atoms with Crippen molar-refractivity contribution in [1.82, 2.24) is 24.6 Å². The van der Waals surface area contributed by atoms with E-state index < -0.39 is 0 Å². The smallest absolute Gasteiger partial charge is 0.230 e. The van der Waals surface area contributed by atoms with Crippen molar-refractivity contribution in [3.8, 4) is 11.4 Å². The number of carbonyl (C=O) groups is 1. The minimum Gasteiger partial charge on any atom is -0.469 e. The van der Waals surface area contributed by atoms with Gasteiger partial charge >= 0.3 is 0 Å². The van der Waals surface area contributed by atoms with E-state index in [0.29, 0.717) is 25.3 Å². The predicted octanol–water partition coefficient (Wildman–Crippen LogP) is 2.68. The maximum absolute atomic E-state index is 13.4. The molecule has 5 rings (SSSR count). The van der Waals surface area contributed by atoms with Crippen molar-refractivity contribution in [2.45, 2.75) is 31.3 Å². The lowest BCUT2D eigenvalue weighted by atomic mass is 9.84. The van der Waals surface area contributed by atoms with Crippen LogP contribution in [-0.4, -0.2) is 57.2 Å². The van der Waals surface area contributed by atoms with Gasteiger partial charge in [-0.25, -0.2) is 4.39 Å². The van der Waals surface area contributed by atoms with Crippen LogP contribution < -0.4 is 0 Å². The zero-order chi connectivity index (χ0) is 20.7. The Bertz CT molecular complexity index is 1040. The second-order valence-corrected chi connectivity index (χ2v) is 8.32. The first-order valence-electron chi connectivity index (χ1n) is 10.2. The summed E-state index contributed by atoms with van der Waals surface area (Å²) in [6, 6.07) is 10.0. The maximum Gasteiger partial charge on any atom is 0.230 e. The van der Waals surface area contributed by atoms with Crippen molar-refractivity contribution >= 4 is 5.91 Å². The normalized spacial score (nSPS) is 18.5. The minimum atomic E-state index is -0.269. The maximum atomic E-state index is 13.4. The average Bonchev–Trinajstić information content (AvgIpc) is 3.39. The lowest BCUT2D eigenvalue weighted by Crippen LogP contribution is -2.56. The Balaban J connectivity index is 1.41. The van der Waals surface area contributed by atoms with Crippen molar-refractivity contribution in [3.63, 3.8) is 0 Å². The second kappa shape index (κ2) is 7.36. The monoisotopic (exact) mass is 409 g/mol. The molecule has 156 valence electrons. The fraction of sp³-hybridized carbons (Fsp3) is 0.409. The highest BCUT2D eigenvalue weighted by atomic mass is 19.1. The topological polar surface area (TPSA) is 67.4 Å². The first-order chi connectivity index (χ1) is 14.5. The largest absolute Gasteiger partial charge is 0.469 e. The highest BCUT2D eigenvalue weighted by Gasteiger charge is 2.44. The van der Waals surface area contributed by atoms with Crippen molar-refractivity contribution in [2.24, 2.45) is 0 Å². The van der Waals surface area contributed by atoms with Crippen LogP contribution in [0.4, 0.5) is 4.39 Å². The number of rotatable bonds is 3. The molecule has 1 amide bonds. The van der Waals surface area contributed by atoms with E-state index in [0.717, 1.165) is 43.1 Å². The van der Waals surface area contributed by atoms with Gasteiger partial charge in [0.2, 0.25) is 5.91 Å². The summed E-state index contributed by atoms with van der Waals surface area (Å²) >= 11 is 0. The fourth-order valence-electron chi connectivity index (χ4n) is 4.80. The third-order valence-electron chi connectivity index (χ3n) is 6.23. The summed E-state index contributed by atoms with van der Waals surface area (Å²) in [6.45, 7) is 2.94. The summed E-state index contributed by atoms with van der Waals surface area (Å²) < 4.78 is 21.0. The Hall–Kier alpha value is -3.00. The van der Waals surface area contributed by atoms with E-state index >= 15 is 0 Å². The van der Waals surface area contributed by atoms with Crippen LogP contribution in [0.15, 0.2) is 47.1 Å². The first-order valence-corrected chi connectivity index (χ1v) is 10.2. The Morgan fingerprint density at radius 3 is 2.63 bits per heavy atom. The van der Waals surface area contributed by atoms with E-state index in [9.17, 15) is 9.18 Å². The zero-order valence-electron chi connectivity index (χ0n) is 16.9. The second-order valence-electron chi connectivity index (χ2n) is 8.32. The van der Waals surface area contributed by atoms with Gasteiger partial charge in [-0.1, -0.05) is 0 Å². The van der Waals surface area contributed by atoms with Gasteiger partial charge in [0, 0.05) is 25.2 Å². The lowest BCUT2D eigenvalue weighted by Gasteiger charge is -2.48. The number of nitrogens with zero attached hydrogens (tertiary/aromatic N) is 5. The molecule has 7 nitrogen and oxygen atoms in total. The molecule has 3 aromatic rings. The summed E-state index contributed by atoms with van der Waals surface area (Å²) in [5.41, 5.74) is 0.673. The first kappa shape index (κ1) is 19.0. The van der Waals surface area contributed by atoms with Gasteiger partial charge in [0.25, 0.3) is 0 Å². The molecule has 0 saturated carbocycles. The van der Waals surface area contributed by atoms with Crippen LogP contribution in [0, 0.1) is 5.82 Å². The minimum absolute atomic E-state index is 0.0895. The molecule has 8 heteroatoms. The number of hydrogen-bond acceptors (Lipinski definition) is 5. The SMILES string of the molecule is CN1Cc2nnc(-c3ccc(F)cc3)n2C2(CCN(C(=O)Cc3ccco3)CC2)C1. The summed E-state index contributed by atoms with van der Waals surface area (Å²) in [5, 5.41) is 8.90. The van der Waals surface area contributed by atoms with Gasteiger partial charge < -0.3 is 13.9 Å². The summed E-state index contributed by atoms with van der Waals surface area (Å²) in [4.78, 5) is 16.9. The Morgan fingerprint density at radius 2 is 1.93 bits per heavy atom. The number of likely N-dealkylation sites (tertiary alicyclic amines) is 1. The molecule has 0 bridgehead atoms. The molecule has 30 heavy (non-hydrogen) atoms. The van der Waals surface area contributed by atoms with Crippen LogP contribution >= 0.6 is 0 Å². The number of furan rings is 1. The van der Waals surface area contributed by atoms with Gasteiger partial charge in [-0.3, -0.25) is 9.69 Å². The third kappa shape index (κ3) is 3.31. The number of carbonyl (C=O) groups excluding carboxylic acids is 1. The summed E-state index contributed by atoms with van der Waals surface area (Å²) in [7, 11) is 2.09. The Labute approximate surface area is 174 Å². The predicted molar refractivity (Wildman–Crippen MR) is 108 cm³/mol. The number of amides is 1. The van der Waals surface area contributed by atoms with E-state index in [1.54, 1.807) is 24.5 Å². The summed E-state index contributed by atoms with van der Waals surface area (Å²) in [5.74, 6) is 2.20. The van der Waals surface area contributed by atoms with E-state index in [1.807, 2.05) is 11.0 Å². The molecule has 2 aliphatic rings. The van der Waals surface area contributed by atoms with E-state index in [2.05, 4.69) is 26.7 Å². The standard InChI is InChI=1S/C22H24FN5O2/c1-26-14-19-24-25-21(16-4-6-17(23)7-5-16)28(19)22(15-26)8-10-27(11-9-22)20(29)13-18-3-2-12-30-18/h2-7,12H,8-11,13-15H2,1H3. The highest BCUT2D eigenvalue weighted by molar-refractivity contribution is 5.78. The number of fused-ring (bicyclic) bond motifs is 2. The molecule has 1 saturated heterocycles. The highest BCUT2D eigenvalue weighted by Crippen LogP contribution is 2.39. The number of halogens is 1. The summed E-state index contributed by atoms with van der Waals surface area (Å²) in [6.07, 6.45) is 3.52. The molecular weight excluding hydrogens is 385 g/mol. The van der Waals surface area contributed by atoms with Crippen LogP contribution in [0.5, 0.6) is 0 Å². The average molecular weight is 409 g/mol. The molecule has 0 N–H and O–H groups in total. The molecule has 0 radical (unpaired) electrons. The van der Waals surface area contributed by atoms with E-state index in [1.165, 1.54) is 12.1 Å². The van der Waals surface area contributed by atoms with Crippen molar-refractivity contribution in [2.75, 3.05) is 26.7 Å². The van der Waals surface area contributed by atoms with Gasteiger partial charge in [0.15, 0.2) is 5.82 Å².